The second-order valence-corrected chi connectivity index (χ2v) is 2.72. The lowest BCUT2D eigenvalue weighted by Gasteiger charge is -2.42. The van der Waals surface area contributed by atoms with Gasteiger partial charge in [-0.25, -0.2) is 4.39 Å². The highest BCUT2D eigenvalue weighted by atomic mass is 19.4. The van der Waals surface area contributed by atoms with Gasteiger partial charge in [-0.2, -0.15) is 35.1 Å². The molecule has 1 atom stereocenters. The number of halogens is 9. The van der Waals surface area contributed by atoms with Crippen LogP contribution in [-0.2, 0) is 4.74 Å². The highest BCUT2D eigenvalue weighted by Gasteiger charge is 2.88. The van der Waals surface area contributed by atoms with Crippen LogP contribution in [0, 0.1) is 0 Å². The molecule has 1 fully saturated rings. The van der Waals surface area contributed by atoms with Gasteiger partial charge in [-0.05, 0) is 0 Å². The van der Waals surface area contributed by atoms with Crippen molar-refractivity contribution in [1.82, 2.24) is 0 Å². The molecule has 0 bridgehead atoms. The molecule has 0 N–H and O–H groups in total. The zero-order valence-electron chi connectivity index (χ0n) is 6.39. The van der Waals surface area contributed by atoms with E-state index < -0.39 is 30.2 Å². The summed E-state index contributed by atoms with van der Waals surface area (Å²) >= 11 is 0. The summed E-state index contributed by atoms with van der Waals surface area (Å²) in [4.78, 5) is 0. The Hall–Kier alpha value is -0.670. The van der Waals surface area contributed by atoms with E-state index in [0.29, 0.717) is 0 Å². The molecule has 0 saturated carbocycles. The largest absolute Gasteiger partial charge is 0.428 e. The van der Waals surface area contributed by atoms with Crippen molar-refractivity contribution in [3.63, 3.8) is 0 Å². The Kier molecular flexibility index (Phi) is 2.24. The number of alkyl halides is 9. The van der Waals surface area contributed by atoms with Gasteiger partial charge in [-0.3, -0.25) is 4.74 Å². The predicted molar refractivity (Wildman–Crippen MR) is 25.8 cm³/mol. The Morgan fingerprint density at radius 2 is 1.13 bits per heavy atom. The fraction of sp³-hybridized carbons (Fsp3) is 1.00. The number of rotatable bonds is 0. The molecule has 1 nitrogen and oxygen atoms in total. The van der Waals surface area contributed by atoms with Crippen LogP contribution < -0.4 is 0 Å². The predicted octanol–water partition coefficient (Wildman–Crippen LogP) is 2.81. The third kappa shape index (κ3) is 1.23. The van der Waals surface area contributed by atoms with E-state index in [2.05, 4.69) is 4.74 Å². The molecule has 1 heterocycles. The summed E-state index contributed by atoms with van der Waals surface area (Å²) in [6, 6.07) is 0. The zero-order chi connectivity index (χ0) is 12.3. The van der Waals surface area contributed by atoms with Crippen LogP contribution >= 0.6 is 0 Å². The minimum absolute atomic E-state index is 2.26. The van der Waals surface area contributed by atoms with E-state index >= 15 is 0 Å². The van der Waals surface area contributed by atoms with Gasteiger partial charge < -0.3 is 0 Å². The molecule has 1 unspecified atom stereocenters. The Morgan fingerprint density at radius 3 is 1.53 bits per heavy atom. The maximum Gasteiger partial charge on any atom is 0.428 e. The maximum absolute atomic E-state index is 12.2. The fourth-order valence-corrected chi connectivity index (χ4v) is 0.813. The van der Waals surface area contributed by atoms with Crippen molar-refractivity contribution in [3.05, 3.63) is 0 Å². The molecule has 1 aliphatic rings. The van der Waals surface area contributed by atoms with Crippen molar-refractivity contribution in [3.8, 4) is 0 Å². The molecule has 0 aliphatic carbocycles. The summed E-state index contributed by atoms with van der Waals surface area (Å²) < 4.78 is 111. The molecule has 90 valence electrons. The molecular weight excluding hydrogens is 247 g/mol. The lowest BCUT2D eigenvalue weighted by atomic mass is 10.0. The van der Waals surface area contributed by atoms with Gasteiger partial charge in [0.1, 0.15) is 0 Å². The van der Waals surface area contributed by atoms with Crippen LogP contribution in [0.5, 0.6) is 0 Å². The second kappa shape index (κ2) is 2.71. The standard InChI is InChI=1S/C5HF9O/c6-1-2(7,8)3(9,10)4(11,12)5(13,14)15-1/h1H. The van der Waals surface area contributed by atoms with Crippen LogP contribution in [0.4, 0.5) is 39.5 Å². The first-order valence-corrected chi connectivity index (χ1v) is 3.21. The van der Waals surface area contributed by atoms with E-state index in [1.807, 2.05) is 0 Å². The molecule has 1 saturated heterocycles. The van der Waals surface area contributed by atoms with Crippen molar-refractivity contribution < 1.29 is 44.3 Å². The molecule has 10 heteroatoms. The molecule has 1 aliphatic heterocycles. The highest BCUT2D eigenvalue weighted by Crippen LogP contribution is 2.58. The molecule has 1 rings (SSSR count). The molecule has 0 aromatic heterocycles. The Balaban J connectivity index is 3.30. The smallest absolute Gasteiger partial charge is 0.274 e. The van der Waals surface area contributed by atoms with Crippen LogP contribution in [-0.4, -0.2) is 30.2 Å². The summed E-state index contributed by atoms with van der Waals surface area (Å²) in [6.07, 6.45) is -10.5. The Labute approximate surface area is 75.8 Å². The van der Waals surface area contributed by atoms with Crippen LogP contribution in [0.3, 0.4) is 0 Å². The monoisotopic (exact) mass is 248 g/mol. The normalized spacial score (nSPS) is 36.2. The van der Waals surface area contributed by atoms with E-state index in [1.54, 1.807) is 0 Å². The summed E-state index contributed by atoms with van der Waals surface area (Å²) in [5.41, 5.74) is 0. The van der Waals surface area contributed by atoms with E-state index in [9.17, 15) is 39.5 Å². The van der Waals surface area contributed by atoms with E-state index in [-0.39, 0.29) is 0 Å². The highest BCUT2D eigenvalue weighted by molar-refractivity contribution is 5.05. The van der Waals surface area contributed by atoms with Gasteiger partial charge in [0.05, 0.1) is 0 Å². The van der Waals surface area contributed by atoms with Crippen LogP contribution in [0.15, 0.2) is 0 Å². The van der Waals surface area contributed by atoms with Crippen LogP contribution in [0.1, 0.15) is 0 Å². The van der Waals surface area contributed by atoms with Gasteiger partial charge >= 0.3 is 23.9 Å². The lowest BCUT2D eigenvalue weighted by molar-refractivity contribution is -0.506. The molecule has 0 aromatic rings. The summed E-state index contributed by atoms with van der Waals surface area (Å²) in [5.74, 6) is -19.1. The average molecular weight is 248 g/mol. The first-order chi connectivity index (χ1) is 6.38. The quantitative estimate of drug-likeness (QED) is 0.599. The zero-order valence-corrected chi connectivity index (χ0v) is 6.39. The molecule has 15 heavy (non-hydrogen) atoms. The van der Waals surface area contributed by atoms with E-state index in [4.69, 9.17) is 0 Å². The Bertz CT molecular complexity index is 272. The SMILES string of the molecule is FC1OC(F)(F)C(F)(F)C(F)(F)C1(F)F. The lowest BCUT2D eigenvalue weighted by Crippen LogP contribution is -2.71. The third-order valence-electron chi connectivity index (χ3n) is 1.72. The van der Waals surface area contributed by atoms with Gasteiger partial charge in [-0.1, -0.05) is 0 Å². The first-order valence-electron chi connectivity index (χ1n) is 3.21. The molecule has 0 amide bonds. The molecule has 0 radical (unpaired) electrons. The minimum atomic E-state index is -6.54. The van der Waals surface area contributed by atoms with Crippen molar-refractivity contribution in [1.29, 1.82) is 0 Å². The summed E-state index contributed by atoms with van der Waals surface area (Å²) in [6.45, 7) is 0. The van der Waals surface area contributed by atoms with Crippen molar-refractivity contribution in [2.45, 2.75) is 30.2 Å². The summed E-state index contributed by atoms with van der Waals surface area (Å²) in [5, 5.41) is 0. The van der Waals surface area contributed by atoms with Gasteiger partial charge in [0, 0.05) is 0 Å². The molecular formula is C5HF9O. The van der Waals surface area contributed by atoms with Gasteiger partial charge in [0.25, 0.3) is 6.36 Å². The molecule has 0 aromatic carbocycles. The molecule has 0 spiro atoms. The van der Waals surface area contributed by atoms with Crippen LogP contribution in [0.2, 0.25) is 0 Å². The second-order valence-electron chi connectivity index (χ2n) is 2.72. The Morgan fingerprint density at radius 1 is 0.733 bits per heavy atom. The minimum Gasteiger partial charge on any atom is -0.274 e. The van der Waals surface area contributed by atoms with Crippen molar-refractivity contribution in [2.24, 2.45) is 0 Å². The van der Waals surface area contributed by atoms with Gasteiger partial charge in [-0.15, -0.1) is 0 Å². The van der Waals surface area contributed by atoms with Gasteiger partial charge in [0.15, 0.2) is 0 Å². The van der Waals surface area contributed by atoms with Crippen LogP contribution in [0.25, 0.3) is 0 Å². The van der Waals surface area contributed by atoms with Crippen molar-refractivity contribution in [2.75, 3.05) is 0 Å². The number of ether oxygens (including phenoxy) is 1. The van der Waals surface area contributed by atoms with E-state index in [0.717, 1.165) is 0 Å². The number of hydrogen-bond acceptors (Lipinski definition) is 1. The fourth-order valence-electron chi connectivity index (χ4n) is 0.813. The first kappa shape index (κ1) is 12.4. The number of hydrogen-bond donors (Lipinski definition) is 0. The third-order valence-corrected chi connectivity index (χ3v) is 1.72. The average Bonchev–Trinajstić information content (AvgIpc) is 2.00. The summed E-state index contributed by atoms with van der Waals surface area (Å²) in [7, 11) is 0. The van der Waals surface area contributed by atoms with Crippen molar-refractivity contribution >= 4 is 0 Å². The maximum atomic E-state index is 12.2. The van der Waals surface area contributed by atoms with E-state index in [1.165, 1.54) is 0 Å². The topological polar surface area (TPSA) is 9.23 Å². The van der Waals surface area contributed by atoms with Gasteiger partial charge in [0.2, 0.25) is 0 Å².